The third-order valence-electron chi connectivity index (χ3n) is 0.632. The van der Waals surface area contributed by atoms with E-state index in [4.69, 9.17) is 33.9 Å². The van der Waals surface area contributed by atoms with E-state index >= 15 is 0 Å². The van der Waals surface area contributed by atoms with Crippen molar-refractivity contribution in [1.29, 1.82) is 0 Å². The van der Waals surface area contributed by atoms with E-state index in [1.165, 1.54) is 21.6 Å². The zero-order chi connectivity index (χ0) is 10.3. The van der Waals surface area contributed by atoms with E-state index in [1.54, 1.807) is 0 Å². The van der Waals surface area contributed by atoms with Crippen molar-refractivity contribution < 1.29 is 25.0 Å². The standard InChI is InChI=1S/C6H7O2S4.Fe/c1-3-7-5(9)11-12-6(10)8-4-2;/h1,4H2,2H3;/q-1;+1. The van der Waals surface area contributed by atoms with Gasteiger partial charge in [0.25, 0.3) is 0 Å². The zero-order valence-electron chi connectivity index (χ0n) is 6.72. The van der Waals surface area contributed by atoms with E-state index in [-0.39, 0.29) is 0 Å². The van der Waals surface area contributed by atoms with E-state index in [0.29, 0.717) is 20.0 Å². The van der Waals surface area contributed by atoms with Gasteiger partial charge in [-0.05, 0) is 0 Å². The molecule has 0 saturated carbocycles. The van der Waals surface area contributed by atoms with E-state index in [9.17, 15) is 0 Å². The summed E-state index contributed by atoms with van der Waals surface area (Å²) in [6, 6.07) is 0. The molecule has 0 bridgehead atoms. The van der Waals surface area contributed by atoms with Crippen LogP contribution in [0.5, 0.6) is 0 Å². The summed E-state index contributed by atoms with van der Waals surface area (Å²) >= 11 is 13.1. The third kappa shape index (κ3) is 9.18. The number of hydrogen-bond acceptors (Lipinski definition) is 6. The molecule has 0 rings (SSSR count). The van der Waals surface area contributed by atoms with Crippen LogP contribution in [0.3, 0.4) is 0 Å². The molecule has 0 aromatic rings. The van der Waals surface area contributed by atoms with Crippen LogP contribution < -0.4 is 0 Å². The number of ether oxygens (including phenoxy) is 2. The Morgan fingerprint density at radius 3 is 2.38 bits per heavy atom. The van der Waals surface area contributed by atoms with Crippen molar-refractivity contribution >= 4 is 59.4 Å². The van der Waals surface area contributed by atoms with Crippen LogP contribution in [0, 0.1) is 6.92 Å². The molecule has 7 heteroatoms. The molecule has 0 saturated heterocycles. The summed E-state index contributed by atoms with van der Waals surface area (Å²) in [7, 11) is 2.45. The van der Waals surface area contributed by atoms with Crippen molar-refractivity contribution in [2.75, 3.05) is 6.61 Å². The van der Waals surface area contributed by atoms with Crippen LogP contribution in [-0.4, -0.2) is 20.0 Å². The molecule has 0 fully saturated rings. The molecule has 13 heavy (non-hydrogen) atoms. The van der Waals surface area contributed by atoms with Gasteiger partial charge in [0.15, 0.2) is 0 Å². The Balaban J connectivity index is 3.58. The first-order chi connectivity index (χ1) is 6.06. The minimum atomic E-state index is 0.320. The molecule has 0 aliphatic carbocycles. The van der Waals surface area contributed by atoms with Gasteiger partial charge in [-0.1, -0.05) is 0 Å². The summed E-state index contributed by atoms with van der Waals surface area (Å²) in [5.74, 6) is 0. The zero-order valence-corrected chi connectivity index (χ0v) is 11.1. The first kappa shape index (κ1) is 13.9. The summed E-state index contributed by atoms with van der Waals surface area (Å²) in [6.07, 6.45) is 0. The van der Waals surface area contributed by atoms with Crippen LogP contribution in [0.2, 0.25) is 0 Å². The van der Waals surface area contributed by atoms with Gasteiger partial charge < -0.3 is 0 Å². The molecule has 0 aliphatic rings. The normalized spacial score (nSPS) is 9.08. The number of thiocarbonyl (C=S) groups is 2. The first-order valence-electron chi connectivity index (χ1n) is 3.12. The molecule has 0 N–H and O–H groups in total. The van der Waals surface area contributed by atoms with Gasteiger partial charge in [0.1, 0.15) is 0 Å². The monoisotopic (exact) mass is 295 g/mol. The fourth-order valence-corrected chi connectivity index (χ4v) is 2.49. The second-order valence-electron chi connectivity index (χ2n) is 1.54. The van der Waals surface area contributed by atoms with Crippen molar-refractivity contribution in [1.82, 2.24) is 0 Å². The van der Waals surface area contributed by atoms with Crippen LogP contribution in [0.1, 0.15) is 6.92 Å². The average Bonchev–Trinajstić information content (AvgIpc) is 2.00. The Bertz CT molecular complexity index is 219. The molecule has 0 atom stereocenters. The van der Waals surface area contributed by atoms with E-state index in [0.717, 1.165) is 0 Å². The minimum absolute atomic E-state index is 0.320. The van der Waals surface area contributed by atoms with E-state index in [1.807, 2.05) is 6.92 Å². The van der Waals surface area contributed by atoms with Crippen LogP contribution in [0.4, 0.5) is 0 Å². The second-order valence-corrected chi connectivity index (χ2v) is 5.49. The van der Waals surface area contributed by atoms with Gasteiger partial charge in [-0.25, -0.2) is 0 Å². The van der Waals surface area contributed by atoms with Crippen molar-refractivity contribution in [3.05, 3.63) is 6.92 Å². The van der Waals surface area contributed by atoms with Crippen molar-refractivity contribution in [2.45, 2.75) is 6.92 Å². The third-order valence-corrected chi connectivity index (χ3v) is 3.79. The summed E-state index contributed by atoms with van der Waals surface area (Å²) in [6.45, 7) is 5.87. The Kier molecular flexibility index (Phi) is 8.75. The molecule has 0 radical (unpaired) electrons. The fourth-order valence-electron chi connectivity index (χ4n) is 0.315. The topological polar surface area (TPSA) is 18.5 Å². The van der Waals surface area contributed by atoms with Gasteiger partial charge in [-0.2, -0.15) is 0 Å². The van der Waals surface area contributed by atoms with E-state index < -0.39 is 0 Å². The average molecular weight is 295 g/mol. The Morgan fingerprint density at radius 2 is 1.92 bits per heavy atom. The van der Waals surface area contributed by atoms with Crippen LogP contribution in [0.25, 0.3) is 0 Å². The Hall–Kier alpha value is 0.869. The molecule has 0 aromatic heterocycles. The Labute approximate surface area is 104 Å². The molecule has 0 spiro atoms. The van der Waals surface area contributed by atoms with Crippen LogP contribution in [-0.2, 0) is 25.0 Å². The summed E-state index contributed by atoms with van der Waals surface area (Å²) in [5.41, 5.74) is 0. The first-order valence-corrected chi connectivity index (χ1v) is 6.64. The molecule has 0 aliphatic heterocycles. The molecule has 0 unspecified atom stereocenters. The predicted octanol–water partition coefficient (Wildman–Crippen LogP) is 2.50. The molecular weight excluding hydrogens is 288 g/mol. The SMILES string of the molecule is [CH2-][C](=[Fe+])OC(=S)SSC(=S)OCC. The molecule has 0 amide bonds. The van der Waals surface area contributed by atoms with E-state index in [2.05, 4.69) is 22.5 Å². The maximum absolute atomic E-state index is 5.02. The van der Waals surface area contributed by atoms with Crippen LogP contribution in [0.15, 0.2) is 0 Å². The summed E-state index contributed by atoms with van der Waals surface area (Å²) < 4.78 is 11.0. The van der Waals surface area contributed by atoms with Gasteiger partial charge >= 0.3 is 105 Å². The quantitative estimate of drug-likeness (QED) is 0.335. The van der Waals surface area contributed by atoms with Gasteiger partial charge in [0.2, 0.25) is 0 Å². The predicted molar refractivity (Wildman–Crippen MR) is 63.5 cm³/mol. The molecule has 0 aromatic carbocycles. The second kappa shape index (κ2) is 8.20. The Morgan fingerprint density at radius 1 is 1.38 bits per heavy atom. The van der Waals surface area contributed by atoms with Gasteiger partial charge in [-0.3, -0.25) is 0 Å². The fraction of sp³-hybridized carbons (Fsp3) is 0.333. The van der Waals surface area contributed by atoms with Gasteiger partial charge in [0, 0.05) is 0 Å². The van der Waals surface area contributed by atoms with Crippen molar-refractivity contribution in [3.8, 4) is 0 Å². The summed E-state index contributed by atoms with van der Waals surface area (Å²) in [5, 5.41) is 0. The van der Waals surface area contributed by atoms with Gasteiger partial charge in [0.05, 0.1) is 0 Å². The van der Waals surface area contributed by atoms with Gasteiger partial charge in [-0.15, -0.1) is 0 Å². The molecule has 2 nitrogen and oxygen atoms in total. The number of rotatable bonds is 2. The maximum atomic E-state index is 5.02. The van der Waals surface area contributed by atoms with Crippen molar-refractivity contribution in [3.63, 3.8) is 0 Å². The van der Waals surface area contributed by atoms with Crippen molar-refractivity contribution in [2.24, 2.45) is 0 Å². The molecule has 75 valence electrons. The number of hydrogen-bond donors (Lipinski definition) is 0. The molecule has 0 heterocycles. The summed E-state index contributed by atoms with van der Waals surface area (Å²) in [4.78, 5) is 0. The molecular formula is C6H7FeO2S4. The van der Waals surface area contributed by atoms with Crippen LogP contribution >= 0.6 is 46.0 Å².